The molecule has 0 heterocycles. The predicted molar refractivity (Wildman–Crippen MR) is 70.3 cm³/mol. The van der Waals surface area contributed by atoms with Crippen molar-refractivity contribution in [2.24, 2.45) is 16.7 Å². The molecule has 0 unspecified atom stereocenters. The number of rotatable bonds is 0. The Kier molecular flexibility index (Phi) is 3.10. The van der Waals surface area contributed by atoms with Gasteiger partial charge in [0.05, 0.1) is 0 Å². The zero-order chi connectivity index (χ0) is 11.6. The van der Waals surface area contributed by atoms with Gasteiger partial charge in [-0.05, 0) is 42.4 Å². The van der Waals surface area contributed by atoms with E-state index >= 15 is 0 Å². The van der Waals surface area contributed by atoms with Crippen LogP contribution in [0.3, 0.4) is 0 Å². The van der Waals surface area contributed by atoms with Crippen LogP contribution in [0, 0.1) is 16.7 Å². The summed E-state index contributed by atoms with van der Waals surface area (Å²) in [6, 6.07) is 12.0. The summed E-state index contributed by atoms with van der Waals surface area (Å²) in [5.41, 5.74) is 1.37. The third-order valence-electron chi connectivity index (χ3n) is 5.33. The SMILES string of the molecule is CC12CCC(CC1)C2(C)C.c1ccccc1. The molecule has 16 heavy (non-hydrogen) atoms. The van der Waals surface area contributed by atoms with Crippen LogP contribution >= 0.6 is 0 Å². The van der Waals surface area contributed by atoms with Gasteiger partial charge in [0.1, 0.15) is 0 Å². The summed E-state index contributed by atoms with van der Waals surface area (Å²) in [6.45, 7) is 7.43. The molecule has 0 aliphatic heterocycles. The van der Waals surface area contributed by atoms with Gasteiger partial charge in [0.2, 0.25) is 0 Å². The Morgan fingerprint density at radius 2 is 1.12 bits per heavy atom. The molecule has 2 bridgehead atoms. The van der Waals surface area contributed by atoms with Crippen LogP contribution in [-0.2, 0) is 0 Å². The van der Waals surface area contributed by atoms with E-state index in [4.69, 9.17) is 0 Å². The average molecular weight is 216 g/mol. The van der Waals surface area contributed by atoms with E-state index in [2.05, 4.69) is 20.8 Å². The maximum Gasteiger partial charge on any atom is -0.0272 e. The first-order chi connectivity index (χ1) is 7.56. The van der Waals surface area contributed by atoms with Crippen LogP contribution in [0.15, 0.2) is 36.4 Å². The van der Waals surface area contributed by atoms with Crippen molar-refractivity contribution in [3.05, 3.63) is 36.4 Å². The molecule has 0 spiro atoms. The van der Waals surface area contributed by atoms with Crippen molar-refractivity contribution in [2.45, 2.75) is 46.5 Å². The lowest BCUT2D eigenvalue weighted by Crippen LogP contribution is -2.26. The molecule has 1 aromatic rings. The molecule has 88 valence electrons. The second-order valence-electron chi connectivity index (χ2n) is 6.21. The van der Waals surface area contributed by atoms with Gasteiger partial charge >= 0.3 is 0 Å². The first-order valence-electron chi connectivity index (χ1n) is 6.56. The molecule has 1 aromatic carbocycles. The van der Waals surface area contributed by atoms with Crippen LogP contribution in [0.4, 0.5) is 0 Å². The van der Waals surface area contributed by atoms with Crippen LogP contribution in [0.5, 0.6) is 0 Å². The van der Waals surface area contributed by atoms with E-state index in [0.717, 1.165) is 5.92 Å². The van der Waals surface area contributed by atoms with E-state index in [1.807, 2.05) is 36.4 Å². The highest BCUT2D eigenvalue weighted by atomic mass is 14.6. The Balaban J connectivity index is 0.000000138. The zero-order valence-electron chi connectivity index (χ0n) is 10.9. The highest BCUT2D eigenvalue weighted by molar-refractivity contribution is 5.05. The smallest absolute Gasteiger partial charge is 0.0272 e. The number of benzene rings is 1. The van der Waals surface area contributed by atoms with Gasteiger partial charge in [0.25, 0.3) is 0 Å². The van der Waals surface area contributed by atoms with E-state index in [0.29, 0.717) is 10.8 Å². The van der Waals surface area contributed by atoms with Crippen LogP contribution in [0.2, 0.25) is 0 Å². The Morgan fingerprint density at radius 1 is 0.750 bits per heavy atom. The van der Waals surface area contributed by atoms with Gasteiger partial charge in [-0.1, -0.05) is 57.2 Å². The maximum absolute atomic E-state index is 2.49. The van der Waals surface area contributed by atoms with E-state index in [9.17, 15) is 0 Å². The molecule has 0 nitrogen and oxygen atoms in total. The number of hydrogen-bond acceptors (Lipinski definition) is 0. The zero-order valence-corrected chi connectivity index (χ0v) is 10.9. The van der Waals surface area contributed by atoms with Gasteiger partial charge in [0, 0.05) is 0 Å². The quantitative estimate of drug-likeness (QED) is 0.578. The molecule has 0 aromatic heterocycles. The van der Waals surface area contributed by atoms with Gasteiger partial charge in [-0.3, -0.25) is 0 Å². The first-order valence-corrected chi connectivity index (χ1v) is 6.56. The topological polar surface area (TPSA) is 0 Å². The van der Waals surface area contributed by atoms with Crippen molar-refractivity contribution in [1.29, 1.82) is 0 Å². The van der Waals surface area contributed by atoms with Gasteiger partial charge < -0.3 is 0 Å². The van der Waals surface area contributed by atoms with Crippen LogP contribution in [0.25, 0.3) is 0 Å². The third-order valence-corrected chi connectivity index (χ3v) is 5.33. The molecule has 0 N–H and O–H groups in total. The minimum absolute atomic E-state index is 0.660. The minimum atomic E-state index is 0.660. The van der Waals surface area contributed by atoms with Crippen molar-refractivity contribution in [2.75, 3.05) is 0 Å². The van der Waals surface area contributed by atoms with E-state index in [1.54, 1.807) is 0 Å². The fraction of sp³-hybridized carbons (Fsp3) is 0.625. The van der Waals surface area contributed by atoms with Gasteiger partial charge in [-0.15, -0.1) is 0 Å². The van der Waals surface area contributed by atoms with E-state index in [-0.39, 0.29) is 0 Å². The minimum Gasteiger partial charge on any atom is -0.0623 e. The third kappa shape index (κ3) is 1.90. The lowest BCUT2D eigenvalue weighted by molar-refractivity contribution is 0.152. The fourth-order valence-electron chi connectivity index (χ4n) is 3.50. The number of fused-ring (bicyclic) bond motifs is 2. The van der Waals surface area contributed by atoms with Gasteiger partial charge in [0.15, 0.2) is 0 Å². The summed E-state index contributed by atoms with van der Waals surface area (Å²) in [6.07, 6.45) is 5.99. The van der Waals surface area contributed by atoms with Crippen molar-refractivity contribution >= 4 is 0 Å². The second-order valence-corrected chi connectivity index (χ2v) is 6.21. The summed E-state index contributed by atoms with van der Waals surface area (Å²) >= 11 is 0. The molecular weight excluding hydrogens is 192 g/mol. The molecule has 2 fully saturated rings. The van der Waals surface area contributed by atoms with Gasteiger partial charge in [-0.25, -0.2) is 0 Å². The highest BCUT2D eigenvalue weighted by Crippen LogP contribution is 2.65. The van der Waals surface area contributed by atoms with Crippen LogP contribution in [-0.4, -0.2) is 0 Å². The van der Waals surface area contributed by atoms with Crippen molar-refractivity contribution in [3.8, 4) is 0 Å². The Morgan fingerprint density at radius 3 is 1.25 bits per heavy atom. The fourth-order valence-corrected chi connectivity index (χ4v) is 3.50. The lowest BCUT2D eigenvalue weighted by atomic mass is 9.71. The predicted octanol–water partition coefficient (Wildman–Crippen LogP) is 4.91. The summed E-state index contributed by atoms with van der Waals surface area (Å²) in [5.74, 6) is 1.05. The van der Waals surface area contributed by atoms with E-state index in [1.165, 1.54) is 25.7 Å². The molecule has 0 heteroatoms. The van der Waals surface area contributed by atoms with Crippen molar-refractivity contribution in [3.63, 3.8) is 0 Å². The summed E-state index contributed by atoms with van der Waals surface area (Å²) < 4.78 is 0. The molecule has 0 amide bonds. The van der Waals surface area contributed by atoms with Crippen LogP contribution < -0.4 is 0 Å². The Hall–Kier alpha value is -0.780. The average Bonchev–Trinajstić information content (AvgIpc) is 2.66. The largest absolute Gasteiger partial charge is 0.0623 e. The Labute approximate surface area is 100 Å². The molecule has 3 rings (SSSR count). The Bertz CT molecular complexity index is 286. The second kappa shape index (κ2) is 4.24. The van der Waals surface area contributed by atoms with Gasteiger partial charge in [-0.2, -0.15) is 0 Å². The van der Waals surface area contributed by atoms with Crippen molar-refractivity contribution in [1.82, 2.24) is 0 Å². The standard InChI is InChI=1S/C10H18.C6H6/c1-9(2)8-4-6-10(9,3)7-5-8;1-2-4-6-5-3-1/h8H,4-7H2,1-3H3;1-6H. The summed E-state index contributed by atoms with van der Waals surface area (Å²) in [5, 5.41) is 0. The molecule has 2 saturated carbocycles. The molecule has 0 atom stereocenters. The lowest BCUT2D eigenvalue weighted by Gasteiger charge is -2.34. The first kappa shape index (κ1) is 11.7. The number of hydrogen-bond donors (Lipinski definition) is 0. The maximum atomic E-state index is 2.49. The molecule has 0 saturated heterocycles. The molecule has 2 aliphatic rings. The molecular formula is C16H24. The monoisotopic (exact) mass is 216 g/mol. The molecule has 0 radical (unpaired) electrons. The molecule has 2 aliphatic carbocycles. The van der Waals surface area contributed by atoms with Crippen molar-refractivity contribution < 1.29 is 0 Å². The summed E-state index contributed by atoms with van der Waals surface area (Å²) in [4.78, 5) is 0. The van der Waals surface area contributed by atoms with Crippen LogP contribution in [0.1, 0.15) is 46.5 Å². The van der Waals surface area contributed by atoms with E-state index < -0.39 is 0 Å². The summed E-state index contributed by atoms with van der Waals surface area (Å²) in [7, 11) is 0. The normalized spacial score (nSPS) is 34.3. The highest BCUT2D eigenvalue weighted by Gasteiger charge is 2.55.